The van der Waals surface area contributed by atoms with Crippen molar-refractivity contribution in [1.82, 2.24) is 10.2 Å². The fourth-order valence-electron chi connectivity index (χ4n) is 4.42. The molecule has 9 heteroatoms. The average Bonchev–Trinajstić information content (AvgIpc) is 3.01. The minimum absolute atomic E-state index is 0.0632. The molecule has 1 aromatic rings. The maximum absolute atomic E-state index is 14.8. The van der Waals surface area contributed by atoms with E-state index < -0.39 is 12.2 Å². The van der Waals surface area contributed by atoms with Crippen molar-refractivity contribution in [2.24, 2.45) is 11.8 Å². The van der Waals surface area contributed by atoms with Crippen molar-refractivity contribution in [3.8, 4) is 6.07 Å². The first-order chi connectivity index (χ1) is 13.9. The lowest BCUT2D eigenvalue weighted by Crippen LogP contribution is -2.33. The molecule has 1 aromatic carbocycles. The molecular formula is C20H21FN4O4. The summed E-state index contributed by atoms with van der Waals surface area (Å²) in [5.74, 6) is -0.259. The average molecular weight is 400 g/mol. The highest BCUT2D eigenvalue weighted by Gasteiger charge is 2.57. The van der Waals surface area contributed by atoms with Crippen molar-refractivity contribution in [2.75, 3.05) is 31.1 Å². The summed E-state index contributed by atoms with van der Waals surface area (Å²) in [6.07, 6.45) is -1.17. The van der Waals surface area contributed by atoms with E-state index in [9.17, 15) is 18.8 Å². The van der Waals surface area contributed by atoms with Crippen LogP contribution in [0.3, 0.4) is 0 Å². The molecule has 0 radical (unpaired) electrons. The number of carbonyl (C=O) groups excluding carboxylic acids is 3. The van der Waals surface area contributed by atoms with E-state index in [1.807, 2.05) is 6.07 Å². The normalized spacial score (nSPS) is 27.3. The minimum atomic E-state index is -0.567. The van der Waals surface area contributed by atoms with Crippen molar-refractivity contribution in [3.05, 3.63) is 29.6 Å². The van der Waals surface area contributed by atoms with Gasteiger partial charge in [-0.15, -0.1) is 0 Å². The van der Waals surface area contributed by atoms with Gasteiger partial charge in [0.1, 0.15) is 18.3 Å². The smallest absolute Gasteiger partial charge is 0.414 e. The number of anilines is 1. The molecule has 4 rings (SSSR count). The van der Waals surface area contributed by atoms with Crippen LogP contribution in [0.2, 0.25) is 0 Å². The zero-order chi connectivity index (χ0) is 20.7. The lowest BCUT2D eigenvalue weighted by atomic mass is 10.0. The summed E-state index contributed by atoms with van der Waals surface area (Å²) < 4.78 is 20.0. The number of fused-ring (bicyclic) bond motifs is 1. The van der Waals surface area contributed by atoms with E-state index in [0.29, 0.717) is 24.3 Å². The Labute approximate surface area is 167 Å². The molecule has 29 heavy (non-hydrogen) atoms. The van der Waals surface area contributed by atoms with E-state index in [0.717, 1.165) is 0 Å². The number of cyclic esters (lactones) is 1. The number of piperidine rings is 1. The van der Waals surface area contributed by atoms with E-state index in [2.05, 4.69) is 5.32 Å². The van der Waals surface area contributed by atoms with Crippen LogP contribution in [-0.2, 0) is 14.3 Å². The fourth-order valence-corrected chi connectivity index (χ4v) is 4.42. The zero-order valence-corrected chi connectivity index (χ0v) is 15.9. The lowest BCUT2D eigenvalue weighted by molar-refractivity contribution is -0.129. The predicted molar refractivity (Wildman–Crippen MR) is 99.2 cm³/mol. The van der Waals surface area contributed by atoms with Crippen molar-refractivity contribution < 1.29 is 23.5 Å². The number of carbonyl (C=O) groups is 3. The number of nitrogens with one attached hydrogen (secondary N) is 1. The highest BCUT2D eigenvalue weighted by Crippen LogP contribution is 2.58. The molecule has 0 aromatic heterocycles. The molecule has 0 spiro atoms. The fraction of sp³-hybridized carbons (Fsp3) is 0.500. The van der Waals surface area contributed by atoms with E-state index in [1.165, 1.54) is 17.9 Å². The molecule has 3 fully saturated rings. The molecule has 1 unspecified atom stereocenters. The van der Waals surface area contributed by atoms with E-state index in [4.69, 9.17) is 10.00 Å². The van der Waals surface area contributed by atoms with Crippen LogP contribution < -0.4 is 10.2 Å². The number of nitrogens with zero attached hydrogens (tertiary/aromatic N) is 3. The van der Waals surface area contributed by atoms with Gasteiger partial charge in [-0.05, 0) is 35.4 Å². The van der Waals surface area contributed by atoms with Gasteiger partial charge in [0, 0.05) is 20.0 Å². The molecule has 152 valence electrons. The largest absolute Gasteiger partial charge is 0.442 e. The third-order valence-corrected chi connectivity index (χ3v) is 5.88. The van der Waals surface area contributed by atoms with Crippen LogP contribution in [-0.4, -0.2) is 55.1 Å². The molecule has 3 aliphatic rings. The van der Waals surface area contributed by atoms with Gasteiger partial charge in [0.2, 0.25) is 11.8 Å². The van der Waals surface area contributed by atoms with E-state index in [1.54, 1.807) is 17.0 Å². The van der Waals surface area contributed by atoms with Gasteiger partial charge in [0.05, 0.1) is 24.8 Å². The predicted octanol–water partition coefficient (Wildman–Crippen LogP) is 1.37. The topological polar surface area (TPSA) is 103 Å². The number of rotatable bonds is 5. The van der Waals surface area contributed by atoms with Gasteiger partial charge in [-0.25, -0.2) is 9.18 Å². The van der Waals surface area contributed by atoms with Crippen LogP contribution in [0.25, 0.3) is 0 Å². The molecule has 2 saturated heterocycles. The molecule has 1 aliphatic carbocycles. The first-order valence-electron chi connectivity index (χ1n) is 9.55. The van der Waals surface area contributed by atoms with Crippen LogP contribution in [0.1, 0.15) is 24.8 Å². The van der Waals surface area contributed by atoms with Gasteiger partial charge in [0.25, 0.3) is 0 Å². The zero-order valence-electron chi connectivity index (χ0n) is 15.9. The highest BCUT2D eigenvalue weighted by atomic mass is 19.1. The monoisotopic (exact) mass is 400 g/mol. The first kappa shape index (κ1) is 19.2. The molecule has 2 aliphatic heterocycles. The Morgan fingerprint density at radius 1 is 1.31 bits per heavy atom. The number of halogens is 1. The number of nitriles is 1. The highest BCUT2D eigenvalue weighted by molar-refractivity contribution is 5.90. The Bertz CT molecular complexity index is 902. The second-order valence-corrected chi connectivity index (χ2v) is 7.75. The molecule has 3 amide bonds. The molecule has 2 heterocycles. The number of amides is 3. The molecular weight excluding hydrogens is 379 g/mol. The molecule has 1 N–H and O–H groups in total. The number of likely N-dealkylation sites (tertiary alicyclic amines) is 1. The maximum Gasteiger partial charge on any atom is 0.414 e. The quantitative estimate of drug-likeness (QED) is 0.804. The SMILES string of the molecule is CC(=O)NC[C@H]1CN(c2ccc(C3[C@H]4CN(C(=O)CC#N)C[C@@H]34)c(F)c2)C(=O)O1. The Morgan fingerprint density at radius 3 is 2.66 bits per heavy atom. The van der Waals surface area contributed by atoms with Gasteiger partial charge < -0.3 is 15.0 Å². The third kappa shape index (κ3) is 3.62. The second-order valence-electron chi connectivity index (χ2n) is 7.75. The maximum atomic E-state index is 14.8. The third-order valence-electron chi connectivity index (χ3n) is 5.88. The van der Waals surface area contributed by atoms with Crippen molar-refractivity contribution in [3.63, 3.8) is 0 Å². The Kier molecular flexibility index (Phi) is 4.86. The Hall–Kier alpha value is -3.15. The number of hydrogen-bond acceptors (Lipinski definition) is 5. The van der Waals surface area contributed by atoms with Crippen molar-refractivity contribution in [1.29, 1.82) is 5.26 Å². The summed E-state index contributed by atoms with van der Waals surface area (Å²) in [6, 6.07) is 6.60. The molecule has 8 nitrogen and oxygen atoms in total. The van der Waals surface area contributed by atoms with Gasteiger partial charge in [0.15, 0.2) is 0 Å². The second kappa shape index (κ2) is 7.35. The van der Waals surface area contributed by atoms with Crippen LogP contribution >= 0.6 is 0 Å². The standard InChI is InChI=1S/C20H21FN4O4/c1-11(26)23-7-13-8-25(20(28)29-13)12-2-3-14(17(21)6-12)19-15-9-24(10-16(15)19)18(27)4-5-22/h2-3,6,13,15-16,19H,4,7-10H2,1H3,(H,23,26)/t13-,15-,16+,19?/m0/s1. The van der Waals surface area contributed by atoms with Crippen LogP contribution in [0.15, 0.2) is 18.2 Å². The Morgan fingerprint density at radius 2 is 2.03 bits per heavy atom. The van der Waals surface area contributed by atoms with E-state index >= 15 is 0 Å². The van der Waals surface area contributed by atoms with Gasteiger partial charge in [-0.2, -0.15) is 5.26 Å². The summed E-state index contributed by atoms with van der Waals surface area (Å²) in [4.78, 5) is 37.9. The molecule has 0 bridgehead atoms. The minimum Gasteiger partial charge on any atom is -0.442 e. The summed E-state index contributed by atoms with van der Waals surface area (Å²) in [5.41, 5.74) is 1.01. The van der Waals surface area contributed by atoms with E-state index in [-0.39, 0.29) is 54.9 Å². The summed E-state index contributed by atoms with van der Waals surface area (Å²) >= 11 is 0. The molecule has 4 atom stereocenters. The summed E-state index contributed by atoms with van der Waals surface area (Å²) in [7, 11) is 0. The Balaban J connectivity index is 1.39. The van der Waals surface area contributed by atoms with Gasteiger partial charge in [-0.1, -0.05) is 6.07 Å². The van der Waals surface area contributed by atoms with Crippen molar-refractivity contribution >= 4 is 23.6 Å². The van der Waals surface area contributed by atoms with Crippen LogP contribution in [0, 0.1) is 29.0 Å². The van der Waals surface area contributed by atoms with Crippen LogP contribution in [0.5, 0.6) is 0 Å². The molecule has 1 saturated carbocycles. The summed E-state index contributed by atoms with van der Waals surface area (Å²) in [5, 5.41) is 11.2. The first-order valence-corrected chi connectivity index (χ1v) is 9.55. The van der Waals surface area contributed by atoms with Crippen molar-refractivity contribution in [2.45, 2.75) is 25.4 Å². The lowest BCUT2D eigenvalue weighted by Gasteiger charge is -2.19. The number of hydrogen-bond donors (Lipinski definition) is 1. The number of ether oxygens (including phenoxy) is 1. The van der Waals surface area contributed by atoms with Crippen LogP contribution in [0.4, 0.5) is 14.9 Å². The summed E-state index contributed by atoms with van der Waals surface area (Å²) in [6.45, 7) is 2.95. The van der Waals surface area contributed by atoms with Gasteiger partial charge in [-0.3, -0.25) is 14.5 Å². The van der Waals surface area contributed by atoms with Gasteiger partial charge >= 0.3 is 6.09 Å². The number of benzene rings is 1.